The fraction of sp³-hybridized carbons (Fsp3) is 0.357. The van der Waals surface area contributed by atoms with Gasteiger partial charge in [0.25, 0.3) is 0 Å². The minimum atomic E-state index is -3.14. The minimum absolute atomic E-state index is 0.343. The van der Waals surface area contributed by atoms with Gasteiger partial charge in [0.2, 0.25) is 0 Å². The average Bonchev–Trinajstić information content (AvgIpc) is 3.08. The third kappa shape index (κ3) is 2.62. The maximum Gasteiger partial charge on any atom is 0.175 e. The quantitative estimate of drug-likeness (QED) is 0.874. The predicted octanol–water partition coefficient (Wildman–Crippen LogP) is 2.63. The van der Waals surface area contributed by atoms with Gasteiger partial charge in [0, 0.05) is 36.0 Å². The Hall–Kier alpha value is -1.27. The Kier molecular flexibility index (Phi) is 3.60. The summed E-state index contributed by atoms with van der Waals surface area (Å²) in [5, 5.41) is 0. The summed E-state index contributed by atoms with van der Waals surface area (Å²) >= 11 is 1.96. The molecule has 1 unspecified atom stereocenters. The van der Waals surface area contributed by atoms with Crippen molar-refractivity contribution in [2.75, 3.05) is 17.8 Å². The van der Waals surface area contributed by atoms with E-state index in [0.29, 0.717) is 10.9 Å². The molecule has 0 amide bonds. The average molecular weight is 308 g/mol. The molecule has 2 heterocycles. The molecular formula is C14H16N2O2S2. The molecule has 3 rings (SSSR count). The summed E-state index contributed by atoms with van der Waals surface area (Å²) < 4.78 is 25.2. The Morgan fingerprint density at radius 2 is 2.05 bits per heavy atom. The Balaban J connectivity index is 1.95. The van der Waals surface area contributed by atoms with Crippen LogP contribution in [0.1, 0.15) is 12.5 Å². The van der Waals surface area contributed by atoms with Crippen LogP contribution in [0.25, 0.3) is 11.4 Å². The highest BCUT2D eigenvalue weighted by Gasteiger charge is 2.20. The van der Waals surface area contributed by atoms with Crippen LogP contribution in [0.15, 0.2) is 41.6 Å². The van der Waals surface area contributed by atoms with Crippen LogP contribution >= 0.6 is 11.8 Å². The van der Waals surface area contributed by atoms with Gasteiger partial charge in [-0.05, 0) is 36.4 Å². The number of nitrogens with zero attached hydrogens (tertiary/aromatic N) is 2. The van der Waals surface area contributed by atoms with Gasteiger partial charge >= 0.3 is 0 Å². The van der Waals surface area contributed by atoms with Gasteiger partial charge in [-0.1, -0.05) is 0 Å². The SMILES string of the molecule is CS(=O)(=O)c1ccc(-c2nccn2C2CCSC2)cc1. The van der Waals surface area contributed by atoms with Crippen LogP contribution in [0.4, 0.5) is 0 Å². The molecule has 1 atom stereocenters. The molecule has 1 fully saturated rings. The monoisotopic (exact) mass is 308 g/mol. The van der Waals surface area contributed by atoms with Crippen LogP contribution in [-0.2, 0) is 9.84 Å². The Morgan fingerprint density at radius 3 is 2.65 bits per heavy atom. The van der Waals surface area contributed by atoms with E-state index in [9.17, 15) is 8.42 Å². The first kappa shape index (κ1) is 13.7. The summed E-state index contributed by atoms with van der Waals surface area (Å²) in [6, 6.07) is 7.45. The number of aromatic nitrogens is 2. The van der Waals surface area contributed by atoms with Crippen LogP contribution < -0.4 is 0 Å². The molecule has 1 aromatic heterocycles. The lowest BCUT2D eigenvalue weighted by atomic mass is 10.2. The maximum atomic E-state index is 11.5. The second-order valence-electron chi connectivity index (χ2n) is 4.97. The van der Waals surface area contributed by atoms with Gasteiger partial charge in [-0.3, -0.25) is 0 Å². The zero-order valence-corrected chi connectivity index (χ0v) is 12.8. The first-order chi connectivity index (χ1) is 9.55. The molecule has 0 radical (unpaired) electrons. The van der Waals surface area contributed by atoms with E-state index >= 15 is 0 Å². The molecule has 20 heavy (non-hydrogen) atoms. The van der Waals surface area contributed by atoms with E-state index in [4.69, 9.17) is 0 Å². The van der Waals surface area contributed by atoms with Gasteiger partial charge in [-0.25, -0.2) is 13.4 Å². The Bertz CT molecular complexity index is 699. The van der Waals surface area contributed by atoms with E-state index in [-0.39, 0.29) is 0 Å². The molecule has 0 saturated carbocycles. The van der Waals surface area contributed by atoms with Gasteiger partial charge in [0.1, 0.15) is 5.82 Å². The largest absolute Gasteiger partial charge is 0.327 e. The summed E-state index contributed by atoms with van der Waals surface area (Å²) in [5.41, 5.74) is 0.958. The standard InChI is InChI=1S/C14H16N2O2S2/c1-20(17,18)13-4-2-11(3-5-13)14-15-7-8-16(14)12-6-9-19-10-12/h2-5,7-8,12H,6,9-10H2,1H3. The third-order valence-electron chi connectivity index (χ3n) is 3.51. The molecule has 1 aliphatic heterocycles. The number of hydrogen-bond donors (Lipinski definition) is 0. The first-order valence-corrected chi connectivity index (χ1v) is 9.51. The van der Waals surface area contributed by atoms with E-state index in [0.717, 1.165) is 23.6 Å². The number of imidazole rings is 1. The summed E-state index contributed by atoms with van der Waals surface area (Å²) in [4.78, 5) is 4.77. The van der Waals surface area contributed by atoms with E-state index in [1.165, 1.54) is 12.0 Å². The van der Waals surface area contributed by atoms with Gasteiger partial charge in [0.15, 0.2) is 9.84 Å². The number of sulfone groups is 1. The van der Waals surface area contributed by atoms with Gasteiger partial charge in [-0.2, -0.15) is 11.8 Å². The first-order valence-electron chi connectivity index (χ1n) is 6.47. The smallest absolute Gasteiger partial charge is 0.175 e. The number of rotatable bonds is 3. The van der Waals surface area contributed by atoms with Crippen molar-refractivity contribution >= 4 is 21.6 Å². The predicted molar refractivity (Wildman–Crippen MR) is 81.8 cm³/mol. The molecule has 0 spiro atoms. The van der Waals surface area contributed by atoms with Gasteiger partial charge in [-0.15, -0.1) is 0 Å². The fourth-order valence-electron chi connectivity index (χ4n) is 2.42. The van der Waals surface area contributed by atoms with Crippen LogP contribution in [0.3, 0.4) is 0 Å². The lowest BCUT2D eigenvalue weighted by molar-refractivity contribution is 0.565. The number of benzene rings is 1. The minimum Gasteiger partial charge on any atom is -0.327 e. The van der Waals surface area contributed by atoms with Crippen molar-refractivity contribution in [3.8, 4) is 11.4 Å². The molecule has 0 bridgehead atoms. The number of thioether (sulfide) groups is 1. The van der Waals surface area contributed by atoms with Crippen LogP contribution in [-0.4, -0.2) is 35.7 Å². The fourth-order valence-corrected chi connectivity index (χ4v) is 4.26. The van der Waals surface area contributed by atoms with Crippen LogP contribution in [0.5, 0.6) is 0 Å². The van der Waals surface area contributed by atoms with E-state index in [2.05, 4.69) is 9.55 Å². The molecule has 1 aromatic carbocycles. The molecule has 0 aliphatic carbocycles. The molecule has 4 nitrogen and oxygen atoms in total. The van der Waals surface area contributed by atoms with Crippen molar-refractivity contribution in [3.63, 3.8) is 0 Å². The van der Waals surface area contributed by atoms with Crippen molar-refractivity contribution in [1.29, 1.82) is 0 Å². The second-order valence-corrected chi connectivity index (χ2v) is 8.14. The van der Waals surface area contributed by atoms with Crippen molar-refractivity contribution in [3.05, 3.63) is 36.7 Å². The Morgan fingerprint density at radius 1 is 1.30 bits per heavy atom. The highest BCUT2D eigenvalue weighted by Crippen LogP contribution is 2.31. The summed E-state index contributed by atoms with van der Waals surface area (Å²) in [6.07, 6.45) is 6.20. The van der Waals surface area contributed by atoms with Gasteiger partial charge in [0.05, 0.1) is 4.90 Å². The molecule has 6 heteroatoms. The van der Waals surface area contributed by atoms with E-state index in [1.807, 2.05) is 36.3 Å². The zero-order chi connectivity index (χ0) is 14.2. The maximum absolute atomic E-state index is 11.5. The lowest BCUT2D eigenvalue weighted by Crippen LogP contribution is -2.08. The van der Waals surface area contributed by atoms with E-state index in [1.54, 1.807) is 12.1 Å². The van der Waals surface area contributed by atoms with Crippen LogP contribution in [0, 0.1) is 0 Å². The summed E-state index contributed by atoms with van der Waals surface area (Å²) in [6.45, 7) is 0. The topological polar surface area (TPSA) is 52.0 Å². The highest BCUT2D eigenvalue weighted by atomic mass is 32.2. The molecule has 106 valence electrons. The molecule has 2 aromatic rings. The Labute approximate surface area is 123 Å². The molecule has 0 N–H and O–H groups in total. The van der Waals surface area contributed by atoms with E-state index < -0.39 is 9.84 Å². The van der Waals surface area contributed by atoms with Crippen LogP contribution in [0.2, 0.25) is 0 Å². The normalized spacial score (nSPS) is 19.4. The van der Waals surface area contributed by atoms with Crippen molar-refractivity contribution in [1.82, 2.24) is 9.55 Å². The summed E-state index contributed by atoms with van der Waals surface area (Å²) in [5.74, 6) is 3.22. The number of hydrogen-bond acceptors (Lipinski definition) is 4. The highest BCUT2D eigenvalue weighted by molar-refractivity contribution is 7.99. The van der Waals surface area contributed by atoms with Gasteiger partial charge < -0.3 is 4.57 Å². The van der Waals surface area contributed by atoms with Crippen molar-refractivity contribution in [2.24, 2.45) is 0 Å². The second kappa shape index (κ2) is 5.26. The third-order valence-corrected chi connectivity index (χ3v) is 5.78. The lowest BCUT2D eigenvalue weighted by Gasteiger charge is -2.14. The molecule has 1 saturated heterocycles. The summed E-state index contributed by atoms with van der Waals surface area (Å²) in [7, 11) is -3.14. The van der Waals surface area contributed by atoms with Crippen molar-refractivity contribution in [2.45, 2.75) is 17.4 Å². The molecular weight excluding hydrogens is 292 g/mol. The van der Waals surface area contributed by atoms with Crippen molar-refractivity contribution < 1.29 is 8.42 Å². The molecule has 1 aliphatic rings. The zero-order valence-electron chi connectivity index (χ0n) is 11.2.